The summed E-state index contributed by atoms with van der Waals surface area (Å²) in [7, 11) is 0. The van der Waals surface area contributed by atoms with Crippen molar-refractivity contribution in [3.05, 3.63) is 70.0 Å². The number of ketones is 3. The molecule has 0 radical (unpaired) electrons. The Labute approximate surface area is 222 Å². The van der Waals surface area contributed by atoms with Gasteiger partial charge in [-0.1, -0.05) is 12.1 Å². The van der Waals surface area contributed by atoms with Gasteiger partial charge in [-0.3, -0.25) is 14.4 Å². The Balaban J connectivity index is 1.43. The SMILES string of the molecule is CC(=O)c1c(O)c(C)c(O)c2c1OC1=CC(=O)C(=C(C)NCCc3nnc(-c4ccccc4O)o3)C(=O)C12C. The highest BCUT2D eigenvalue weighted by Gasteiger charge is 2.56. The summed E-state index contributed by atoms with van der Waals surface area (Å²) < 4.78 is 11.4. The monoisotopic (exact) mass is 531 g/mol. The molecule has 1 aromatic heterocycles. The number of hydrogen-bond acceptors (Lipinski definition) is 11. The number of rotatable bonds is 6. The average molecular weight is 532 g/mol. The number of benzene rings is 2. The van der Waals surface area contributed by atoms with Crippen molar-refractivity contribution in [2.75, 3.05) is 6.54 Å². The molecule has 39 heavy (non-hydrogen) atoms. The van der Waals surface area contributed by atoms with Crippen LogP contribution in [0.5, 0.6) is 23.0 Å². The van der Waals surface area contributed by atoms with Gasteiger partial charge in [-0.05, 0) is 39.8 Å². The Bertz CT molecular complexity index is 1650. The number of para-hydroxylation sites is 1. The minimum absolute atomic E-state index is 0.00553. The van der Waals surface area contributed by atoms with Crippen LogP contribution in [0.2, 0.25) is 0 Å². The molecule has 11 heteroatoms. The molecule has 11 nitrogen and oxygen atoms in total. The number of hydrogen-bond donors (Lipinski definition) is 4. The summed E-state index contributed by atoms with van der Waals surface area (Å²) in [6.07, 6.45) is 1.42. The third-order valence-electron chi connectivity index (χ3n) is 7.09. The second-order valence-electron chi connectivity index (χ2n) is 9.58. The van der Waals surface area contributed by atoms with Crippen LogP contribution in [0.25, 0.3) is 11.5 Å². The van der Waals surface area contributed by atoms with Gasteiger partial charge in [0.2, 0.25) is 5.89 Å². The van der Waals surface area contributed by atoms with E-state index in [9.17, 15) is 29.7 Å². The zero-order valence-electron chi connectivity index (χ0n) is 21.6. The van der Waals surface area contributed by atoms with Crippen LogP contribution in [0, 0.1) is 6.92 Å². The summed E-state index contributed by atoms with van der Waals surface area (Å²) in [5, 5.41) is 42.3. The lowest BCUT2D eigenvalue weighted by Gasteiger charge is -2.29. The van der Waals surface area contributed by atoms with Gasteiger partial charge in [0.1, 0.15) is 39.7 Å². The van der Waals surface area contributed by atoms with Crippen LogP contribution < -0.4 is 10.1 Å². The van der Waals surface area contributed by atoms with Gasteiger partial charge in [0.05, 0.1) is 16.7 Å². The lowest BCUT2D eigenvalue weighted by molar-refractivity contribution is -0.123. The summed E-state index contributed by atoms with van der Waals surface area (Å²) in [6, 6.07) is 6.56. The number of nitrogens with one attached hydrogen (secondary N) is 1. The number of nitrogens with zero attached hydrogens (tertiary/aromatic N) is 2. The molecule has 0 spiro atoms. The minimum atomic E-state index is -1.59. The molecule has 0 saturated heterocycles. The second-order valence-corrected chi connectivity index (χ2v) is 9.58. The van der Waals surface area contributed by atoms with Gasteiger partial charge in [-0.25, -0.2) is 0 Å². The van der Waals surface area contributed by atoms with Gasteiger partial charge in [0.25, 0.3) is 5.89 Å². The molecule has 3 aromatic rings. The maximum atomic E-state index is 13.8. The Morgan fingerprint density at radius 2 is 1.79 bits per heavy atom. The fourth-order valence-electron chi connectivity index (χ4n) is 4.93. The van der Waals surface area contributed by atoms with E-state index in [0.717, 1.165) is 6.08 Å². The fourth-order valence-corrected chi connectivity index (χ4v) is 4.93. The number of carbonyl (C=O) groups excluding carboxylic acids is 3. The van der Waals surface area contributed by atoms with Crippen molar-refractivity contribution in [3.63, 3.8) is 0 Å². The first-order valence-electron chi connectivity index (χ1n) is 12.1. The summed E-state index contributed by atoms with van der Waals surface area (Å²) in [4.78, 5) is 39.2. The Hall–Kier alpha value is -4.93. The van der Waals surface area contributed by atoms with Crippen LogP contribution in [0.3, 0.4) is 0 Å². The zero-order chi connectivity index (χ0) is 28.2. The van der Waals surface area contributed by atoms with E-state index in [2.05, 4.69) is 15.5 Å². The molecule has 5 rings (SSSR count). The zero-order valence-corrected chi connectivity index (χ0v) is 21.6. The quantitative estimate of drug-likeness (QED) is 0.209. The standard InChI is InChI=1S/C28H25N3O8/c1-12-23(35)21(14(3)32)25-22(24(12)36)28(4)18(38-25)11-17(34)20(26(28)37)13(2)29-10-9-19-30-31-27(39-19)15-7-5-6-8-16(15)33/h5-8,11,29,33,35-36H,9-10H2,1-4H3. The molecule has 0 amide bonds. The first kappa shape index (κ1) is 25.7. The van der Waals surface area contributed by atoms with E-state index in [-0.39, 0.29) is 75.7 Å². The Morgan fingerprint density at radius 1 is 1.08 bits per heavy atom. The summed E-state index contributed by atoms with van der Waals surface area (Å²) >= 11 is 0. The van der Waals surface area contributed by atoms with Crippen molar-refractivity contribution < 1.29 is 38.9 Å². The third kappa shape index (κ3) is 3.85. The van der Waals surface area contributed by atoms with Gasteiger partial charge in [-0.2, -0.15) is 0 Å². The second kappa shape index (κ2) is 9.12. The van der Waals surface area contributed by atoms with Gasteiger partial charge >= 0.3 is 0 Å². The fraction of sp³-hybridized carbons (Fsp3) is 0.250. The Morgan fingerprint density at radius 3 is 2.49 bits per heavy atom. The maximum absolute atomic E-state index is 13.8. The number of fused-ring (bicyclic) bond motifs is 3. The van der Waals surface area contributed by atoms with E-state index in [4.69, 9.17) is 9.15 Å². The number of aromatic nitrogens is 2. The highest BCUT2D eigenvalue weighted by atomic mass is 16.5. The smallest absolute Gasteiger partial charge is 0.251 e. The molecule has 4 N–H and O–H groups in total. The van der Waals surface area contributed by atoms with Gasteiger partial charge < -0.3 is 29.8 Å². The molecular weight excluding hydrogens is 506 g/mol. The third-order valence-corrected chi connectivity index (χ3v) is 7.09. The molecule has 1 unspecified atom stereocenters. The van der Waals surface area contributed by atoms with E-state index in [1.807, 2.05) is 0 Å². The maximum Gasteiger partial charge on any atom is 0.251 e. The number of carbonyl (C=O) groups is 3. The van der Waals surface area contributed by atoms with Crippen LogP contribution >= 0.6 is 0 Å². The summed E-state index contributed by atoms with van der Waals surface area (Å²) in [5.74, 6) is -2.30. The Kier molecular flexibility index (Phi) is 6.01. The predicted molar refractivity (Wildman–Crippen MR) is 136 cm³/mol. The highest BCUT2D eigenvalue weighted by molar-refractivity contribution is 6.31. The van der Waals surface area contributed by atoms with Crippen LogP contribution in [-0.2, 0) is 21.4 Å². The molecule has 0 fully saturated rings. The van der Waals surface area contributed by atoms with Crippen molar-refractivity contribution in [2.24, 2.45) is 0 Å². The largest absolute Gasteiger partial charge is 0.507 e. The topological polar surface area (TPSA) is 172 Å². The first-order valence-corrected chi connectivity index (χ1v) is 12.1. The van der Waals surface area contributed by atoms with E-state index in [1.54, 1.807) is 25.1 Å². The van der Waals surface area contributed by atoms with E-state index in [0.29, 0.717) is 5.56 Å². The van der Waals surface area contributed by atoms with Crippen LogP contribution in [0.1, 0.15) is 48.1 Å². The van der Waals surface area contributed by atoms with Crippen molar-refractivity contribution in [1.82, 2.24) is 15.5 Å². The van der Waals surface area contributed by atoms with E-state index in [1.165, 1.54) is 26.8 Å². The molecule has 2 aromatic carbocycles. The van der Waals surface area contributed by atoms with Crippen molar-refractivity contribution in [2.45, 2.75) is 39.5 Å². The van der Waals surface area contributed by atoms with Crippen LogP contribution in [-0.4, -0.2) is 49.4 Å². The van der Waals surface area contributed by atoms with Crippen LogP contribution in [0.15, 0.2) is 51.8 Å². The van der Waals surface area contributed by atoms with Gasteiger partial charge in [-0.15, -0.1) is 10.2 Å². The number of Topliss-reactive ketones (excluding diaryl/α,β-unsaturated/α-hetero) is 2. The van der Waals surface area contributed by atoms with Crippen LogP contribution in [0.4, 0.5) is 0 Å². The molecule has 1 aliphatic carbocycles. The first-order chi connectivity index (χ1) is 18.5. The van der Waals surface area contributed by atoms with E-state index < -0.39 is 28.5 Å². The number of aromatic hydroxyl groups is 3. The summed E-state index contributed by atoms with van der Waals surface area (Å²) in [5.41, 5.74) is -1.15. The van der Waals surface area contributed by atoms with Gasteiger partial charge in [0.15, 0.2) is 17.3 Å². The molecule has 1 aliphatic heterocycles. The average Bonchev–Trinajstić information content (AvgIpc) is 3.46. The van der Waals surface area contributed by atoms with Crippen molar-refractivity contribution >= 4 is 17.3 Å². The number of ether oxygens (including phenoxy) is 1. The van der Waals surface area contributed by atoms with Crippen molar-refractivity contribution in [1.29, 1.82) is 0 Å². The number of phenols is 3. The lowest BCUT2D eigenvalue weighted by Crippen LogP contribution is -2.41. The molecule has 2 aliphatic rings. The normalized spacial score (nSPS) is 19.2. The molecule has 200 valence electrons. The van der Waals surface area contributed by atoms with Gasteiger partial charge in [0, 0.05) is 30.3 Å². The molecule has 2 heterocycles. The molecule has 0 saturated carbocycles. The molecule has 1 atom stereocenters. The molecular formula is C28H25N3O8. The minimum Gasteiger partial charge on any atom is -0.507 e. The highest BCUT2D eigenvalue weighted by Crippen LogP contribution is 2.57. The lowest BCUT2D eigenvalue weighted by atomic mass is 9.70. The van der Waals surface area contributed by atoms with Crippen molar-refractivity contribution in [3.8, 4) is 34.5 Å². The van der Waals surface area contributed by atoms with E-state index >= 15 is 0 Å². The predicted octanol–water partition coefficient (Wildman–Crippen LogP) is 3.16. The number of phenolic OH excluding ortho intramolecular Hbond substituents is 3. The summed E-state index contributed by atoms with van der Waals surface area (Å²) in [6.45, 7) is 5.98. The molecule has 0 bridgehead atoms. The number of allylic oxidation sites excluding steroid dienone is 4.